The van der Waals surface area contributed by atoms with E-state index in [0.717, 1.165) is 25.8 Å². The lowest BCUT2D eigenvalue weighted by Gasteiger charge is -2.10. The van der Waals surface area contributed by atoms with E-state index in [-0.39, 0.29) is 6.67 Å². The fraction of sp³-hybridized carbons (Fsp3) is 1.00. The van der Waals surface area contributed by atoms with Crippen LogP contribution < -0.4 is 11.1 Å². The molecule has 0 aromatic heterocycles. The van der Waals surface area contributed by atoms with E-state index in [1.54, 1.807) is 0 Å². The van der Waals surface area contributed by atoms with E-state index >= 15 is 0 Å². The van der Waals surface area contributed by atoms with Crippen LogP contribution in [-0.2, 0) is 0 Å². The van der Waals surface area contributed by atoms with Gasteiger partial charge in [0.2, 0.25) is 0 Å². The fourth-order valence-electron chi connectivity index (χ4n) is 1.57. The molecule has 0 heterocycles. The quantitative estimate of drug-likeness (QED) is 0.597. The lowest BCUT2D eigenvalue weighted by Crippen LogP contribution is -2.29. The first kappa shape index (κ1) is 8.94. The van der Waals surface area contributed by atoms with Crippen LogP contribution in [0.25, 0.3) is 0 Å². The van der Waals surface area contributed by atoms with Crippen LogP contribution in [0.4, 0.5) is 4.39 Å². The maximum absolute atomic E-state index is 11.7. The molecule has 3 N–H and O–H groups in total. The van der Waals surface area contributed by atoms with Crippen molar-refractivity contribution in [3.05, 3.63) is 0 Å². The van der Waals surface area contributed by atoms with E-state index < -0.39 is 0 Å². The molecule has 0 spiro atoms. The Hall–Kier alpha value is -0.150. The van der Waals surface area contributed by atoms with Crippen molar-refractivity contribution in [1.29, 1.82) is 0 Å². The SMILES string of the molecule is NC1CCC(NCCCF)C1. The summed E-state index contributed by atoms with van der Waals surface area (Å²) < 4.78 is 11.7. The van der Waals surface area contributed by atoms with Gasteiger partial charge >= 0.3 is 0 Å². The van der Waals surface area contributed by atoms with E-state index in [1.807, 2.05) is 0 Å². The third-order valence-electron chi connectivity index (χ3n) is 2.22. The highest BCUT2D eigenvalue weighted by atomic mass is 19.1. The Balaban J connectivity index is 1.99. The Morgan fingerprint density at radius 1 is 1.45 bits per heavy atom. The molecule has 1 rings (SSSR count). The maximum atomic E-state index is 11.7. The summed E-state index contributed by atoms with van der Waals surface area (Å²) in [6, 6.07) is 0.925. The van der Waals surface area contributed by atoms with E-state index in [9.17, 15) is 4.39 Å². The zero-order valence-corrected chi connectivity index (χ0v) is 6.85. The third kappa shape index (κ3) is 3.16. The average Bonchev–Trinajstić information content (AvgIpc) is 2.37. The topological polar surface area (TPSA) is 38.0 Å². The second kappa shape index (κ2) is 4.67. The minimum absolute atomic E-state index is 0.216. The zero-order valence-electron chi connectivity index (χ0n) is 6.85. The molecule has 0 radical (unpaired) electrons. The second-order valence-corrected chi connectivity index (χ2v) is 3.27. The Morgan fingerprint density at radius 3 is 2.82 bits per heavy atom. The smallest absolute Gasteiger partial charge is 0.0906 e. The predicted molar refractivity (Wildman–Crippen MR) is 44.2 cm³/mol. The van der Waals surface area contributed by atoms with Crippen LogP contribution in [0.15, 0.2) is 0 Å². The summed E-state index contributed by atoms with van der Waals surface area (Å²) in [6.07, 6.45) is 3.97. The third-order valence-corrected chi connectivity index (χ3v) is 2.22. The van der Waals surface area contributed by atoms with Gasteiger partial charge in [-0.15, -0.1) is 0 Å². The van der Waals surface area contributed by atoms with Crippen LogP contribution in [0, 0.1) is 0 Å². The van der Waals surface area contributed by atoms with Crippen LogP contribution in [0.1, 0.15) is 25.7 Å². The minimum Gasteiger partial charge on any atom is -0.328 e. The molecule has 0 amide bonds. The number of hydrogen-bond acceptors (Lipinski definition) is 2. The standard InChI is InChI=1S/C8H17FN2/c9-4-1-5-11-8-3-2-7(10)6-8/h7-8,11H,1-6,10H2. The highest BCUT2D eigenvalue weighted by molar-refractivity contribution is 4.82. The van der Waals surface area contributed by atoms with Gasteiger partial charge in [0, 0.05) is 12.1 Å². The number of alkyl halides is 1. The molecular formula is C8H17FN2. The summed E-state index contributed by atoms with van der Waals surface area (Å²) >= 11 is 0. The lowest BCUT2D eigenvalue weighted by molar-refractivity contribution is 0.435. The first-order valence-electron chi connectivity index (χ1n) is 4.38. The molecule has 0 saturated heterocycles. The van der Waals surface area contributed by atoms with Gasteiger partial charge in [-0.05, 0) is 32.2 Å². The second-order valence-electron chi connectivity index (χ2n) is 3.27. The van der Waals surface area contributed by atoms with Gasteiger partial charge in [-0.3, -0.25) is 4.39 Å². The van der Waals surface area contributed by atoms with Crippen LogP contribution in [0.2, 0.25) is 0 Å². The van der Waals surface area contributed by atoms with Crippen LogP contribution >= 0.6 is 0 Å². The van der Waals surface area contributed by atoms with Crippen molar-refractivity contribution >= 4 is 0 Å². The summed E-state index contributed by atoms with van der Waals surface area (Å²) in [4.78, 5) is 0. The molecule has 0 aromatic rings. The molecule has 3 heteroatoms. The van der Waals surface area contributed by atoms with Crippen LogP contribution in [0.5, 0.6) is 0 Å². The molecule has 2 unspecified atom stereocenters. The highest BCUT2D eigenvalue weighted by Crippen LogP contribution is 2.16. The minimum atomic E-state index is -0.216. The van der Waals surface area contributed by atoms with Gasteiger partial charge in [-0.2, -0.15) is 0 Å². The van der Waals surface area contributed by atoms with Gasteiger partial charge < -0.3 is 11.1 Å². The molecule has 11 heavy (non-hydrogen) atoms. The Bertz CT molecular complexity index is 108. The molecular weight excluding hydrogens is 143 g/mol. The van der Waals surface area contributed by atoms with E-state index in [4.69, 9.17) is 5.73 Å². The van der Waals surface area contributed by atoms with Gasteiger partial charge in [-0.25, -0.2) is 0 Å². The zero-order chi connectivity index (χ0) is 8.10. The van der Waals surface area contributed by atoms with Gasteiger partial charge in [0.15, 0.2) is 0 Å². The largest absolute Gasteiger partial charge is 0.328 e. The first-order valence-corrected chi connectivity index (χ1v) is 4.38. The molecule has 1 aliphatic rings. The number of nitrogens with two attached hydrogens (primary N) is 1. The van der Waals surface area contributed by atoms with Gasteiger partial charge in [0.1, 0.15) is 0 Å². The van der Waals surface area contributed by atoms with Crippen molar-refractivity contribution in [3.8, 4) is 0 Å². The molecule has 1 aliphatic carbocycles. The monoisotopic (exact) mass is 160 g/mol. The molecule has 1 fully saturated rings. The summed E-state index contributed by atoms with van der Waals surface area (Å²) in [6.45, 7) is 0.583. The summed E-state index contributed by atoms with van der Waals surface area (Å²) in [5.41, 5.74) is 5.72. The Morgan fingerprint density at radius 2 is 2.27 bits per heavy atom. The van der Waals surface area contributed by atoms with E-state index in [2.05, 4.69) is 5.32 Å². The number of nitrogens with one attached hydrogen (secondary N) is 1. The van der Waals surface area contributed by atoms with Crippen molar-refractivity contribution in [1.82, 2.24) is 5.32 Å². The predicted octanol–water partition coefficient (Wildman–Crippen LogP) is 0.815. The van der Waals surface area contributed by atoms with Gasteiger partial charge in [-0.1, -0.05) is 0 Å². The van der Waals surface area contributed by atoms with Crippen molar-refractivity contribution in [2.45, 2.75) is 37.8 Å². The summed E-state index contributed by atoms with van der Waals surface area (Å²) in [7, 11) is 0. The molecule has 2 atom stereocenters. The van der Waals surface area contributed by atoms with Crippen LogP contribution in [-0.4, -0.2) is 25.3 Å². The van der Waals surface area contributed by atoms with Gasteiger partial charge in [0.05, 0.1) is 6.67 Å². The van der Waals surface area contributed by atoms with Gasteiger partial charge in [0.25, 0.3) is 0 Å². The van der Waals surface area contributed by atoms with Crippen LogP contribution in [0.3, 0.4) is 0 Å². The normalized spacial score (nSPS) is 31.1. The van der Waals surface area contributed by atoms with Crippen molar-refractivity contribution in [2.75, 3.05) is 13.2 Å². The van der Waals surface area contributed by atoms with E-state index in [0.29, 0.717) is 18.5 Å². The van der Waals surface area contributed by atoms with Crippen molar-refractivity contribution in [3.63, 3.8) is 0 Å². The molecule has 0 bridgehead atoms. The Kier molecular flexibility index (Phi) is 3.80. The molecule has 66 valence electrons. The maximum Gasteiger partial charge on any atom is 0.0906 e. The number of hydrogen-bond donors (Lipinski definition) is 2. The highest BCUT2D eigenvalue weighted by Gasteiger charge is 2.20. The first-order chi connectivity index (χ1) is 5.33. The van der Waals surface area contributed by atoms with E-state index in [1.165, 1.54) is 0 Å². The fourth-order valence-corrected chi connectivity index (χ4v) is 1.57. The van der Waals surface area contributed by atoms with Crippen molar-refractivity contribution in [2.24, 2.45) is 5.73 Å². The number of rotatable bonds is 4. The average molecular weight is 160 g/mol. The Labute approximate surface area is 67.3 Å². The molecule has 1 saturated carbocycles. The molecule has 0 aromatic carbocycles. The molecule has 0 aliphatic heterocycles. The molecule has 2 nitrogen and oxygen atoms in total. The lowest BCUT2D eigenvalue weighted by atomic mass is 10.2. The van der Waals surface area contributed by atoms with Crippen molar-refractivity contribution < 1.29 is 4.39 Å². The number of halogens is 1. The summed E-state index contributed by atoms with van der Waals surface area (Å²) in [5.74, 6) is 0. The summed E-state index contributed by atoms with van der Waals surface area (Å²) in [5, 5.41) is 3.29.